The molecule has 0 amide bonds. The lowest BCUT2D eigenvalue weighted by molar-refractivity contribution is -0.167. The van der Waals surface area contributed by atoms with E-state index in [0.29, 0.717) is 19.3 Å². The largest absolute Gasteiger partial charge is 0.462 e. The van der Waals surface area contributed by atoms with Crippen LogP contribution in [0.15, 0.2) is 85.1 Å². The average Bonchev–Trinajstić information content (AvgIpc) is 3.35. The van der Waals surface area contributed by atoms with E-state index in [-0.39, 0.29) is 31.1 Å². The zero-order valence-corrected chi connectivity index (χ0v) is 45.3. The van der Waals surface area contributed by atoms with E-state index in [1.807, 2.05) is 0 Å². The van der Waals surface area contributed by atoms with E-state index in [2.05, 4.69) is 106 Å². The summed E-state index contributed by atoms with van der Waals surface area (Å²) in [6.45, 7) is 6.49. The Balaban J connectivity index is 4.41. The Morgan fingerprint density at radius 2 is 0.565 bits per heavy atom. The number of unbranched alkanes of at least 4 members (excludes halogenated alkanes) is 27. The van der Waals surface area contributed by atoms with Crippen LogP contribution < -0.4 is 0 Å². The number of hydrogen-bond donors (Lipinski definition) is 0. The summed E-state index contributed by atoms with van der Waals surface area (Å²) >= 11 is 0. The third-order valence-electron chi connectivity index (χ3n) is 12.4. The third-order valence-corrected chi connectivity index (χ3v) is 12.4. The van der Waals surface area contributed by atoms with Gasteiger partial charge in [-0.05, 0) is 96.3 Å². The van der Waals surface area contributed by atoms with E-state index in [1.165, 1.54) is 135 Å². The van der Waals surface area contributed by atoms with Crippen LogP contribution in [-0.4, -0.2) is 37.2 Å². The van der Waals surface area contributed by atoms with Crippen LogP contribution in [0.2, 0.25) is 0 Å². The topological polar surface area (TPSA) is 78.9 Å². The molecule has 0 bridgehead atoms. The quantitative estimate of drug-likeness (QED) is 0.0262. The van der Waals surface area contributed by atoms with Crippen molar-refractivity contribution in [1.29, 1.82) is 0 Å². The van der Waals surface area contributed by atoms with Gasteiger partial charge in [-0.15, -0.1) is 0 Å². The van der Waals surface area contributed by atoms with E-state index >= 15 is 0 Å². The Morgan fingerprint density at radius 3 is 0.928 bits per heavy atom. The minimum absolute atomic E-state index is 0.0876. The van der Waals surface area contributed by atoms with Gasteiger partial charge in [0.25, 0.3) is 0 Å². The molecule has 0 heterocycles. The molecular formula is C63H108O6. The molecule has 0 unspecified atom stereocenters. The van der Waals surface area contributed by atoms with E-state index < -0.39 is 6.10 Å². The number of carbonyl (C=O) groups excluding carboxylic acids is 3. The highest BCUT2D eigenvalue weighted by Crippen LogP contribution is 2.15. The van der Waals surface area contributed by atoms with E-state index in [1.54, 1.807) is 0 Å². The van der Waals surface area contributed by atoms with Crippen LogP contribution in [0.25, 0.3) is 0 Å². The minimum Gasteiger partial charge on any atom is -0.462 e. The van der Waals surface area contributed by atoms with Crippen LogP contribution >= 0.6 is 0 Å². The SMILES string of the molecule is CC/C=C\C/C=C\C/C=C\C/C=C\C/C=C\CCCCCC(=O)OC[C@H](COC(=O)CCCCCCCCCCC/C=C\C/C=C\CCCCC)OC(=O)CCCCCCCCCCCCCCC. The van der Waals surface area contributed by atoms with Gasteiger partial charge in [0.15, 0.2) is 6.10 Å². The Morgan fingerprint density at radius 1 is 0.304 bits per heavy atom. The predicted molar refractivity (Wildman–Crippen MR) is 297 cm³/mol. The average molecular weight is 962 g/mol. The summed E-state index contributed by atoms with van der Waals surface area (Å²) in [7, 11) is 0. The van der Waals surface area contributed by atoms with Crippen molar-refractivity contribution < 1.29 is 28.6 Å². The maximum atomic E-state index is 12.8. The van der Waals surface area contributed by atoms with Crippen molar-refractivity contribution in [1.82, 2.24) is 0 Å². The summed E-state index contributed by atoms with van der Waals surface area (Å²) in [5.41, 5.74) is 0. The highest BCUT2D eigenvalue weighted by Gasteiger charge is 2.19. The summed E-state index contributed by atoms with van der Waals surface area (Å²) in [5, 5.41) is 0. The van der Waals surface area contributed by atoms with Crippen molar-refractivity contribution in [3.63, 3.8) is 0 Å². The predicted octanol–water partition coefficient (Wildman–Crippen LogP) is 19.5. The molecule has 69 heavy (non-hydrogen) atoms. The van der Waals surface area contributed by atoms with Crippen LogP contribution in [-0.2, 0) is 28.6 Å². The zero-order chi connectivity index (χ0) is 50.0. The summed E-state index contributed by atoms with van der Waals surface area (Å²) in [4.78, 5) is 38.2. The van der Waals surface area contributed by atoms with Gasteiger partial charge < -0.3 is 14.2 Å². The van der Waals surface area contributed by atoms with Gasteiger partial charge in [0, 0.05) is 19.3 Å². The molecule has 1 atom stereocenters. The number of ether oxygens (including phenoxy) is 3. The summed E-state index contributed by atoms with van der Waals surface area (Å²) in [5.74, 6) is -0.917. The maximum Gasteiger partial charge on any atom is 0.306 e. The molecule has 0 spiro atoms. The Kier molecular flexibility index (Phi) is 54.3. The second-order valence-corrected chi connectivity index (χ2v) is 19.2. The molecule has 0 aromatic heterocycles. The highest BCUT2D eigenvalue weighted by atomic mass is 16.6. The van der Waals surface area contributed by atoms with Crippen molar-refractivity contribution in [2.24, 2.45) is 0 Å². The molecule has 0 aromatic rings. The highest BCUT2D eigenvalue weighted by molar-refractivity contribution is 5.71. The fraction of sp³-hybridized carbons (Fsp3) is 0.730. The molecule has 0 N–H and O–H groups in total. The normalized spacial score (nSPS) is 12.7. The van der Waals surface area contributed by atoms with E-state index in [9.17, 15) is 14.4 Å². The van der Waals surface area contributed by atoms with Gasteiger partial charge in [0.1, 0.15) is 13.2 Å². The minimum atomic E-state index is -0.791. The maximum absolute atomic E-state index is 12.8. The lowest BCUT2D eigenvalue weighted by Gasteiger charge is -2.18. The molecular weight excluding hydrogens is 853 g/mol. The second kappa shape index (κ2) is 57.2. The number of esters is 3. The Labute approximate surface area is 426 Å². The van der Waals surface area contributed by atoms with E-state index in [4.69, 9.17) is 14.2 Å². The van der Waals surface area contributed by atoms with Gasteiger partial charge in [0.05, 0.1) is 0 Å². The first-order valence-corrected chi connectivity index (χ1v) is 29.1. The number of carbonyl (C=O) groups is 3. The molecule has 6 nitrogen and oxygen atoms in total. The van der Waals surface area contributed by atoms with Gasteiger partial charge in [-0.25, -0.2) is 0 Å². The van der Waals surface area contributed by atoms with Gasteiger partial charge >= 0.3 is 17.9 Å². The van der Waals surface area contributed by atoms with Crippen molar-refractivity contribution >= 4 is 17.9 Å². The van der Waals surface area contributed by atoms with Crippen LogP contribution in [0.1, 0.15) is 278 Å². The number of rotatable bonds is 52. The molecule has 6 heteroatoms. The van der Waals surface area contributed by atoms with Crippen LogP contribution in [0.3, 0.4) is 0 Å². The monoisotopic (exact) mass is 961 g/mol. The van der Waals surface area contributed by atoms with Crippen molar-refractivity contribution in [3.05, 3.63) is 85.1 Å². The molecule has 0 saturated carbocycles. The van der Waals surface area contributed by atoms with Crippen molar-refractivity contribution in [3.8, 4) is 0 Å². The molecule has 0 fully saturated rings. The van der Waals surface area contributed by atoms with Crippen LogP contribution in [0, 0.1) is 0 Å². The lowest BCUT2D eigenvalue weighted by atomic mass is 10.0. The molecule has 0 saturated heterocycles. The van der Waals surface area contributed by atoms with Gasteiger partial charge in [0.2, 0.25) is 0 Å². The summed E-state index contributed by atoms with van der Waals surface area (Å²) in [6.07, 6.45) is 74.3. The Bertz CT molecular complexity index is 1330. The standard InChI is InChI=1S/C63H108O6/c1-4-7-10-13-16-19-22-25-27-29-31-33-35-38-40-43-46-49-52-55-61(64)67-58-60(69-63(66)57-54-51-48-45-42-37-24-21-18-15-12-9-6-3)59-68-62(65)56-53-50-47-44-41-39-36-34-32-30-28-26-23-20-17-14-11-8-5-2/h7,10,16-17,19-20,25-28,31,33,38,40,60H,4-6,8-9,11-15,18,21-24,29-30,32,34-37,39,41-59H2,1-3H3/b10-7-,19-16-,20-17-,27-25-,28-26-,33-31-,40-38-/t60-/m1/s1. The number of hydrogen-bond acceptors (Lipinski definition) is 6. The first-order chi connectivity index (χ1) is 34.0. The fourth-order valence-electron chi connectivity index (χ4n) is 8.03. The first kappa shape index (κ1) is 65.6. The van der Waals surface area contributed by atoms with E-state index in [0.717, 1.165) is 103 Å². The summed E-state index contributed by atoms with van der Waals surface area (Å²) in [6, 6.07) is 0. The fourth-order valence-corrected chi connectivity index (χ4v) is 8.03. The number of allylic oxidation sites excluding steroid dienone is 14. The van der Waals surface area contributed by atoms with Gasteiger partial charge in [-0.1, -0.05) is 247 Å². The smallest absolute Gasteiger partial charge is 0.306 e. The molecule has 0 radical (unpaired) electrons. The van der Waals surface area contributed by atoms with Crippen molar-refractivity contribution in [2.75, 3.05) is 13.2 Å². The van der Waals surface area contributed by atoms with Crippen LogP contribution in [0.4, 0.5) is 0 Å². The van der Waals surface area contributed by atoms with Crippen molar-refractivity contribution in [2.45, 2.75) is 284 Å². The molecule has 0 rings (SSSR count). The molecule has 0 aromatic carbocycles. The first-order valence-electron chi connectivity index (χ1n) is 29.1. The zero-order valence-electron chi connectivity index (χ0n) is 45.3. The van der Waals surface area contributed by atoms with Crippen LogP contribution in [0.5, 0.6) is 0 Å². The molecule has 0 aliphatic rings. The molecule has 0 aliphatic carbocycles. The summed E-state index contributed by atoms with van der Waals surface area (Å²) < 4.78 is 16.9. The third kappa shape index (κ3) is 55.4. The Hall–Kier alpha value is -3.41. The van der Waals surface area contributed by atoms with Gasteiger partial charge in [-0.3, -0.25) is 14.4 Å². The van der Waals surface area contributed by atoms with Gasteiger partial charge in [-0.2, -0.15) is 0 Å². The molecule has 396 valence electrons. The molecule has 0 aliphatic heterocycles. The second-order valence-electron chi connectivity index (χ2n) is 19.2. The lowest BCUT2D eigenvalue weighted by Crippen LogP contribution is -2.30.